The second kappa shape index (κ2) is 17.2. The largest absolute Gasteiger partial charge is 0.504 e. The highest BCUT2D eigenvalue weighted by molar-refractivity contribution is 5.43. The van der Waals surface area contributed by atoms with Gasteiger partial charge in [-0.2, -0.15) is 0 Å². The van der Waals surface area contributed by atoms with Crippen LogP contribution in [0, 0.1) is 11.8 Å². The van der Waals surface area contributed by atoms with E-state index < -0.39 is 86.5 Å². The zero-order valence-electron chi connectivity index (χ0n) is 26.6. The quantitative estimate of drug-likeness (QED) is 0.0951. The number of rotatable bonds is 15. The van der Waals surface area contributed by atoms with Crippen LogP contribution in [0.2, 0.25) is 0 Å². The zero-order chi connectivity index (χ0) is 35.1. The van der Waals surface area contributed by atoms with Crippen molar-refractivity contribution in [3.63, 3.8) is 0 Å². The Morgan fingerprint density at radius 2 is 0.958 bits per heavy atom. The van der Waals surface area contributed by atoms with Crippen molar-refractivity contribution in [2.75, 3.05) is 40.6 Å². The minimum atomic E-state index is -1.67. The summed E-state index contributed by atoms with van der Waals surface area (Å²) < 4.78 is 33.6. The number of ether oxygens (including phenoxy) is 6. The summed E-state index contributed by atoms with van der Waals surface area (Å²) in [5.74, 6) is -0.854. The van der Waals surface area contributed by atoms with E-state index in [1.165, 1.54) is 26.4 Å². The molecule has 0 bridgehead atoms. The first-order valence-electron chi connectivity index (χ1n) is 15.5. The average Bonchev–Trinajstić information content (AvgIpc) is 3.09. The van der Waals surface area contributed by atoms with Gasteiger partial charge in [0.15, 0.2) is 35.6 Å². The lowest BCUT2D eigenvalue weighted by Crippen LogP contribution is -2.59. The number of hydrogen-bond donors (Lipinski definition) is 10. The van der Waals surface area contributed by atoms with E-state index >= 15 is 0 Å². The predicted octanol–water partition coefficient (Wildman–Crippen LogP) is -2.23. The maximum Gasteiger partial charge on any atom is 0.186 e. The molecule has 2 aliphatic rings. The van der Waals surface area contributed by atoms with Gasteiger partial charge in [-0.15, -0.1) is 0 Å². The Morgan fingerprint density at radius 1 is 0.583 bits per heavy atom. The van der Waals surface area contributed by atoms with E-state index in [2.05, 4.69) is 0 Å². The minimum absolute atomic E-state index is 0.0888. The fraction of sp³-hybridized carbons (Fsp3) is 0.625. The van der Waals surface area contributed by atoms with Crippen molar-refractivity contribution in [2.45, 2.75) is 74.3 Å². The second-order valence-electron chi connectivity index (χ2n) is 12.0. The molecule has 0 unspecified atom stereocenters. The number of methoxy groups -OCH3 is 2. The van der Waals surface area contributed by atoms with Gasteiger partial charge < -0.3 is 79.5 Å². The fourth-order valence-electron chi connectivity index (χ4n) is 5.87. The Balaban J connectivity index is 1.66. The zero-order valence-corrected chi connectivity index (χ0v) is 26.6. The monoisotopic (exact) mass is 686 g/mol. The first-order chi connectivity index (χ1) is 22.9. The third-order valence-corrected chi connectivity index (χ3v) is 8.80. The van der Waals surface area contributed by atoms with Crippen LogP contribution in [0.4, 0.5) is 0 Å². The summed E-state index contributed by atoms with van der Waals surface area (Å²) in [6, 6.07) is 9.47. The number of aliphatic hydroxyl groups is 8. The molecule has 0 aromatic heterocycles. The maximum absolute atomic E-state index is 10.6. The first kappa shape index (κ1) is 38.0. The van der Waals surface area contributed by atoms with Gasteiger partial charge in [0.2, 0.25) is 0 Å². The summed E-state index contributed by atoms with van der Waals surface area (Å²) in [7, 11) is 2.79. The number of hydrogen-bond acceptors (Lipinski definition) is 16. The molecule has 0 spiro atoms. The van der Waals surface area contributed by atoms with E-state index in [0.29, 0.717) is 11.1 Å². The SMILES string of the molecule is COc1cc(C[C@@H](CO[C@H]2O[C@H](CO)[C@@H](O)[C@H](O)[C@H]2O)[C@@H](CO[C@@H]2O[C@H](CO)[C@@H](O)[C@H](O)[C@H]2O)Cc2ccc(O)c(OC)c2)ccc1O. The molecule has 2 fully saturated rings. The second-order valence-corrected chi connectivity index (χ2v) is 12.0. The van der Waals surface area contributed by atoms with Gasteiger partial charge in [0.1, 0.15) is 48.8 Å². The van der Waals surface area contributed by atoms with Gasteiger partial charge in [-0.25, -0.2) is 0 Å². The summed E-state index contributed by atoms with van der Waals surface area (Å²) in [6.45, 7) is -1.63. The lowest BCUT2D eigenvalue weighted by atomic mass is 9.83. The van der Waals surface area contributed by atoms with Gasteiger partial charge in [-0.3, -0.25) is 0 Å². The van der Waals surface area contributed by atoms with Crippen LogP contribution in [0.3, 0.4) is 0 Å². The number of benzene rings is 2. The summed E-state index contributed by atoms with van der Waals surface area (Å²) in [5.41, 5.74) is 1.38. The topological polar surface area (TPSA) is 258 Å². The van der Waals surface area contributed by atoms with Crippen molar-refractivity contribution in [1.29, 1.82) is 0 Å². The molecule has 0 amide bonds. The molecule has 16 heteroatoms. The molecular formula is C32H46O16. The normalized spacial score (nSPS) is 32.0. The van der Waals surface area contributed by atoms with Crippen molar-refractivity contribution >= 4 is 0 Å². The van der Waals surface area contributed by atoms with Crippen LogP contribution in [0.1, 0.15) is 11.1 Å². The van der Waals surface area contributed by atoms with Crippen molar-refractivity contribution < 1.29 is 79.5 Å². The van der Waals surface area contributed by atoms with Gasteiger partial charge >= 0.3 is 0 Å². The van der Waals surface area contributed by atoms with Crippen molar-refractivity contribution in [2.24, 2.45) is 11.8 Å². The fourth-order valence-corrected chi connectivity index (χ4v) is 5.87. The van der Waals surface area contributed by atoms with E-state index in [9.17, 15) is 51.1 Å². The minimum Gasteiger partial charge on any atom is -0.504 e. The van der Waals surface area contributed by atoms with Gasteiger partial charge in [-0.1, -0.05) is 12.1 Å². The molecule has 2 heterocycles. The number of phenolic OH excluding ortho intramolecular Hbond substituents is 2. The van der Waals surface area contributed by atoms with Crippen LogP contribution >= 0.6 is 0 Å². The molecule has 48 heavy (non-hydrogen) atoms. The molecule has 2 aliphatic heterocycles. The number of aromatic hydroxyl groups is 2. The Hall–Kier alpha value is -2.84. The highest BCUT2D eigenvalue weighted by Crippen LogP contribution is 2.34. The Labute approximate surface area is 276 Å². The van der Waals surface area contributed by atoms with E-state index in [-0.39, 0.29) is 49.1 Å². The lowest BCUT2D eigenvalue weighted by Gasteiger charge is -2.41. The van der Waals surface area contributed by atoms with Crippen LogP contribution < -0.4 is 9.47 Å². The molecule has 0 saturated carbocycles. The average molecular weight is 687 g/mol. The van der Waals surface area contributed by atoms with Crippen molar-refractivity contribution in [1.82, 2.24) is 0 Å². The molecule has 4 rings (SSSR count). The van der Waals surface area contributed by atoms with Crippen LogP contribution in [0.15, 0.2) is 36.4 Å². The number of phenols is 2. The highest BCUT2D eigenvalue weighted by Gasteiger charge is 2.46. The van der Waals surface area contributed by atoms with E-state index in [4.69, 9.17) is 28.4 Å². The van der Waals surface area contributed by atoms with Crippen LogP contribution in [-0.4, -0.2) is 153 Å². The van der Waals surface area contributed by atoms with Gasteiger partial charge in [0, 0.05) is 0 Å². The molecule has 16 nitrogen and oxygen atoms in total. The highest BCUT2D eigenvalue weighted by atomic mass is 16.7. The molecule has 2 aromatic rings. The van der Waals surface area contributed by atoms with Crippen molar-refractivity contribution in [3.05, 3.63) is 47.5 Å². The molecule has 12 atom stereocenters. The molecule has 2 aromatic carbocycles. The third-order valence-electron chi connectivity index (χ3n) is 8.80. The predicted molar refractivity (Wildman–Crippen MR) is 163 cm³/mol. The maximum atomic E-state index is 10.6. The molecule has 10 N–H and O–H groups in total. The summed E-state index contributed by atoms with van der Waals surface area (Å²) >= 11 is 0. The molecule has 270 valence electrons. The Kier molecular flexibility index (Phi) is 13.6. The number of aliphatic hydroxyl groups excluding tert-OH is 8. The van der Waals surface area contributed by atoms with Gasteiger partial charge in [-0.05, 0) is 60.1 Å². The van der Waals surface area contributed by atoms with Crippen molar-refractivity contribution in [3.8, 4) is 23.0 Å². The van der Waals surface area contributed by atoms with Gasteiger partial charge in [0.05, 0.1) is 40.6 Å². The summed E-state index contributed by atoms with van der Waals surface area (Å²) in [5, 5.41) is 102. The van der Waals surface area contributed by atoms with Crippen LogP contribution in [0.5, 0.6) is 23.0 Å². The Morgan fingerprint density at radius 3 is 1.29 bits per heavy atom. The van der Waals surface area contributed by atoms with E-state index in [0.717, 1.165) is 0 Å². The Bertz CT molecular complexity index is 1200. The first-order valence-corrected chi connectivity index (χ1v) is 15.5. The van der Waals surface area contributed by atoms with Gasteiger partial charge in [0.25, 0.3) is 0 Å². The molecular weight excluding hydrogens is 640 g/mol. The van der Waals surface area contributed by atoms with E-state index in [1.807, 2.05) is 0 Å². The van der Waals surface area contributed by atoms with Crippen LogP contribution in [0.25, 0.3) is 0 Å². The smallest absolute Gasteiger partial charge is 0.186 e. The molecule has 2 saturated heterocycles. The summed E-state index contributed by atoms with van der Waals surface area (Å²) in [6.07, 6.45) is -14.7. The molecule has 0 aliphatic carbocycles. The lowest BCUT2D eigenvalue weighted by molar-refractivity contribution is -0.308. The third kappa shape index (κ3) is 8.84. The van der Waals surface area contributed by atoms with E-state index in [1.54, 1.807) is 24.3 Å². The molecule has 0 radical (unpaired) electrons. The van der Waals surface area contributed by atoms with Crippen LogP contribution in [-0.2, 0) is 31.8 Å². The summed E-state index contributed by atoms with van der Waals surface area (Å²) in [4.78, 5) is 0. The standard InChI is InChI=1S/C32H46O16/c1-43-21-9-15(3-5-19(21)35)7-17(13-45-31-29(41)27(39)25(37)23(11-33)47-31)18(8-16-4-6-20(36)22(10-16)44-2)14-46-32-30(42)28(40)26(38)24(12-34)48-32/h3-6,9-10,17-18,23-42H,7-8,11-14H2,1-2H3/t17-,18+,23-,24-,25-,26-,27+,28+,29-,30-,31-,32+/m1/s1.